The molecular weight excluding hydrogens is 376 g/mol. The van der Waals surface area contributed by atoms with Crippen molar-refractivity contribution in [3.63, 3.8) is 0 Å². The zero-order valence-electron chi connectivity index (χ0n) is 14.8. The van der Waals surface area contributed by atoms with Crippen LogP contribution in [0.15, 0.2) is 41.3 Å². The van der Waals surface area contributed by atoms with Crippen LogP contribution in [0.5, 0.6) is 5.75 Å². The molecule has 0 aliphatic rings. The van der Waals surface area contributed by atoms with E-state index < -0.39 is 15.9 Å². The SMILES string of the molecule is COc1ccc(Cl)cc1C(=O)NCCNS(=O)(=O)c1ccc(C)c(C)c1. The van der Waals surface area contributed by atoms with Gasteiger partial charge in [-0.3, -0.25) is 4.79 Å². The fourth-order valence-corrected chi connectivity index (χ4v) is 3.57. The number of ether oxygens (including phenoxy) is 1. The Hall–Kier alpha value is -2.09. The van der Waals surface area contributed by atoms with Crippen molar-refractivity contribution < 1.29 is 17.9 Å². The van der Waals surface area contributed by atoms with Crippen molar-refractivity contribution in [3.8, 4) is 5.75 Å². The maximum absolute atomic E-state index is 12.3. The summed E-state index contributed by atoms with van der Waals surface area (Å²) in [7, 11) is -2.17. The van der Waals surface area contributed by atoms with Crippen molar-refractivity contribution >= 4 is 27.5 Å². The number of methoxy groups -OCH3 is 1. The number of benzene rings is 2. The fourth-order valence-electron chi connectivity index (χ4n) is 2.28. The fraction of sp³-hybridized carbons (Fsp3) is 0.278. The molecule has 0 aliphatic heterocycles. The third-order valence-electron chi connectivity index (χ3n) is 3.90. The summed E-state index contributed by atoms with van der Waals surface area (Å²) in [4.78, 5) is 12.4. The van der Waals surface area contributed by atoms with Crippen LogP contribution in [-0.2, 0) is 10.0 Å². The van der Waals surface area contributed by atoms with Crippen LogP contribution in [0.3, 0.4) is 0 Å². The second-order valence-electron chi connectivity index (χ2n) is 5.74. The average molecular weight is 397 g/mol. The first-order chi connectivity index (χ1) is 12.2. The number of amides is 1. The predicted octanol–water partition coefficient (Wildman–Crippen LogP) is 2.67. The number of nitrogens with one attached hydrogen (secondary N) is 2. The Bertz CT molecular complexity index is 913. The van der Waals surface area contributed by atoms with Crippen LogP contribution in [0.4, 0.5) is 0 Å². The smallest absolute Gasteiger partial charge is 0.255 e. The Labute approximate surface area is 158 Å². The van der Waals surface area contributed by atoms with Crippen LogP contribution in [0, 0.1) is 13.8 Å². The standard InChI is InChI=1S/C18H21ClN2O4S/c1-12-4-6-15(10-13(12)2)26(23,24)21-9-8-20-18(22)16-11-14(19)5-7-17(16)25-3/h4-7,10-11,21H,8-9H2,1-3H3,(H,20,22). The molecule has 0 bridgehead atoms. The quantitative estimate of drug-likeness (QED) is 0.704. The Kier molecular flexibility index (Phi) is 6.63. The lowest BCUT2D eigenvalue weighted by atomic mass is 10.1. The number of halogens is 1. The summed E-state index contributed by atoms with van der Waals surface area (Å²) in [6.07, 6.45) is 0. The number of sulfonamides is 1. The lowest BCUT2D eigenvalue weighted by Gasteiger charge is -2.11. The summed E-state index contributed by atoms with van der Waals surface area (Å²) >= 11 is 5.90. The average Bonchev–Trinajstić information content (AvgIpc) is 2.60. The molecule has 0 spiro atoms. The highest BCUT2D eigenvalue weighted by molar-refractivity contribution is 7.89. The molecule has 0 unspecified atom stereocenters. The van der Waals surface area contributed by atoms with Gasteiger partial charge >= 0.3 is 0 Å². The molecular formula is C18H21ClN2O4S. The first-order valence-electron chi connectivity index (χ1n) is 7.93. The van der Waals surface area contributed by atoms with Gasteiger partial charge in [-0.1, -0.05) is 17.7 Å². The molecule has 8 heteroatoms. The third kappa shape index (κ3) is 4.97. The van der Waals surface area contributed by atoms with E-state index in [1.54, 1.807) is 30.3 Å². The van der Waals surface area contributed by atoms with Crippen molar-refractivity contribution in [3.05, 3.63) is 58.1 Å². The minimum absolute atomic E-state index is 0.0594. The first kappa shape index (κ1) is 20.2. The van der Waals surface area contributed by atoms with Crippen molar-refractivity contribution in [2.45, 2.75) is 18.7 Å². The number of aryl methyl sites for hydroxylation is 2. The van der Waals surface area contributed by atoms with E-state index in [1.807, 2.05) is 13.8 Å². The maximum Gasteiger partial charge on any atom is 0.255 e. The molecule has 0 radical (unpaired) electrons. The summed E-state index contributed by atoms with van der Waals surface area (Å²) in [5.74, 6) is -0.00246. The van der Waals surface area contributed by atoms with Gasteiger partial charge in [-0.15, -0.1) is 0 Å². The number of rotatable bonds is 7. The van der Waals surface area contributed by atoms with E-state index >= 15 is 0 Å². The second kappa shape index (κ2) is 8.53. The van der Waals surface area contributed by atoms with Gasteiger partial charge in [0.15, 0.2) is 0 Å². The molecule has 2 N–H and O–H groups in total. The Morgan fingerprint density at radius 3 is 2.46 bits per heavy atom. The molecule has 0 saturated carbocycles. The summed E-state index contributed by atoms with van der Waals surface area (Å²) in [5, 5.41) is 3.05. The van der Waals surface area contributed by atoms with Crippen molar-refractivity contribution in [1.29, 1.82) is 0 Å². The van der Waals surface area contributed by atoms with Gasteiger partial charge in [0.05, 0.1) is 17.6 Å². The second-order valence-corrected chi connectivity index (χ2v) is 7.95. The summed E-state index contributed by atoms with van der Waals surface area (Å²) in [6, 6.07) is 9.65. The number of hydrogen-bond donors (Lipinski definition) is 2. The molecule has 2 aromatic rings. The van der Waals surface area contributed by atoms with Crippen LogP contribution in [0.25, 0.3) is 0 Å². The Morgan fingerprint density at radius 1 is 1.08 bits per heavy atom. The van der Waals surface area contributed by atoms with E-state index in [2.05, 4.69) is 10.0 Å². The maximum atomic E-state index is 12.3. The van der Waals surface area contributed by atoms with Gasteiger partial charge in [-0.2, -0.15) is 0 Å². The lowest BCUT2D eigenvalue weighted by Crippen LogP contribution is -2.34. The van der Waals surface area contributed by atoms with Gasteiger partial charge in [0.1, 0.15) is 5.75 Å². The molecule has 0 saturated heterocycles. The lowest BCUT2D eigenvalue weighted by molar-refractivity contribution is 0.0951. The minimum atomic E-state index is -3.63. The van der Waals surface area contributed by atoms with Gasteiger partial charge in [0, 0.05) is 18.1 Å². The van der Waals surface area contributed by atoms with Crippen molar-refractivity contribution in [2.24, 2.45) is 0 Å². The van der Waals surface area contributed by atoms with E-state index in [4.69, 9.17) is 16.3 Å². The van der Waals surface area contributed by atoms with E-state index in [1.165, 1.54) is 13.2 Å². The zero-order chi connectivity index (χ0) is 19.3. The molecule has 0 heterocycles. The summed E-state index contributed by atoms with van der Waals surface area (Å²) in [5.41, 5.74) is 2.21. The van der Waals surface area contributed by atoms with E-state index in [9.17, 15) is 13.2 Å². The molecule has 1 amide bonds. The van der Waals surface area contributed by atoms with Crippen molar-refractivity contribution in [1.82, 2.24) is 10.0 Å². The number of carbonyl (C=O) groups is 1. The van der Waals surface area contributed by atoms with Crippen LogP contribution >= 0.6 is 11.6 Å². The third-order valence-corrected chi connectivity index (χ3v) is 5.59. The normalized spacial score (nSPS) is 11.2. The highest BCUT2D eigenvalue weighted by atomic mass is 35.5. The van der Waals surface area contributed by atoms with Gasteiger partial charge < -0.3 is 10.1 Å². The molecule has 2 rings (SSSR count). The van der Waals surface area contributed by atoms with Gasteiger partial charge in [0.25, 0.3) is 5.91 Å². The highest BCUT2D eigenvalue weighted by Gasteiger charge is 2.15. The molecule has 0 aliphatic carbocycles. The molecule has 0 atom stereocenters. The van der Waals surface area contributed by atoms with Crippen LogP contribution in [-0.4, -0.2) is 34.5 Å². The highest BCUT2D eigenvalue weighted by Crippen LogP contribution is 2.22. The molecule has 0 aromatic heterocycles. The van der Waals surface area contributed by atoms with E-state index in [0.717, 1.165) is 11.1 Å². The van der Waals surface area contributed by atoms with Crippen LogP contribution < -0.4 is 14.8 Å². The molecule has 6 nitrogen and oxygen atoms in total. The van der Waals surface area contributed by atoms with Crippen LogP contribution in [0.1, 0.15) is 21.5 Å². The van der Waals surface area contributed by atoms with Crippen LogP contribution in [0.2, 0.25) is 5.02 Å². The number of carbonyl (C=O) groups excluding carboxylic acids is 1. The zero-order valence-corrected chi connectivity index (χ0v) is 16.4. The van der Waals surface area contributed by atoms with Gasteiger partial charge in [0.2, 0.25) is 10.0 Å². The largest absolute Gasteiger partial charge is 0.496 e. The Balaban J connectivity index is 1.94. The topological polar surface area (TPSA) is 84.5 Å². The Morgan fingerprint density at radius 2 is 1.81 bits per heavy atom. The molecule has 2 aromatic carbocycles. The first-order valence-corrected chi connectivity index (χ1v) is 9.79. The van der Waals surface area contributed by atoms with Gasteiger partial charge in [-0.05, 0) is 55.3 Å². The monoisotopic (exact) mass is 396 g/mol. The summed E-state index contributed by atoms with van der Waals surface area (Å²) < 4.78 is 32.2. The molecule has 26 heavy (non-hydrogen) atoms. The minimum Gasteiger partial charge on any atom is -0.496 e. The molecule has 140 valence electrons. The van der Waals surface area contributed by atoms with Crippen molar-refractivity contribution in [2.75, 3.05) is 20.2 Å². The summed E-state index contributed by atoms with van der Waals surface area (Å²) in [6.45, 7) is 3.95. The molecule has 0 fully saturated rings. The predicted molar refractivity (Wildman–Crippen MR) is 101 cm³/mol. The van der Waals surface area contributed by atoms with E-state index in [-0.39, 0.29) is 23.5 Å². The van der Waals surface area contributed by atoms with Gasteiger partial charge in [-0.25, -0.2) is 13.1 Å². The number of hydrogen-bond acceptors (Lipinski definition) is 4. The van der Waals surface area contributed by atoms with E-state index in [0.29, 0.717) is 10.8 Å².